The maximum atomic E-state index is 3.33. The molecule has 0 aliphatic rings. The highest BCUT2D eigenvalue weighted by Gasteiger charge is 2.12. The van der Waals surface area contributed by atoms with Crippen molar-refractivity contribution in [1.29, 1.82) is 0 Å². The molecule has 0 unspecified atom stereocenters. The highest BCUT2D eigenvalue weighted by atomic mass is 28.3. The first kappa shape index (κ1) is 12.3. The van der Waals surface area contributed by atoms with Gasteiger partial charge in [-0.3, -0.25) is 0 Å². The molecule has 0 rings (SSSR count). The van der Waals surface area contributed by atoms with Gasteiger partial charge in [-0.15, -0.1) is 22.9 Å². The van der Waals surface area contributed by atoms with Crippen molar-refractivity contribution in [3.63, 3.8) is 0 Å². The van der Waals surface area contributed by atoms with Crippen LogP contribution in [0.2, 0.25) is 13.1 Å². The molecule has 72 valence electrons. The Bertz CT molecular complexity index is 216. The van der Waals surface area contributed by atoms with E-state index in [2.05, 4.69) is 49.9 Å². The molecule has 0 aromatic heterocycles. The number of rotatable bonds is 2. The lowest BCUT2D eigenvalue weighted by molar-refractivity contribution is 0.983. The van der Waals surface area contributed by atoms with Crippen LogP contribution in [-0.2, 0) is 0 Å². The van der Waals surface area contributed by atoms with E-state index in [-0.39, 0.29) is 0 Å². The zero-order chi connectivity index (χ0) is 10.2. The molecule has 0 amide bonds. The molecule has 0 nitrogen and oxygen atoms in total. The summed E-state index contributed by atoms with van der Waals surface area (Å²) in [6.45, 7) is 8.76. The minimum Gasteiger partial charge on any atom is -0.116 e. The molecule has 1 heteroatoms. The second-order valence-electron chi connectivity index (χ2n) is 3.73. The zero-order valence-corrected chi connectivity index (χ0v) is 10.3. The monoisotopic (exact) mass is 192 g/mol. The van der Waals surface area contributed by atoms with Gasteiger partial charge in [-0.2, -0.15) is 0 Å². The van der Waals surface area contributed by atoms with E-state index in [0.717, 1.165) is 25.7 Å². The Morgan fingerprint density at radius 1 is 0.846 bits per heavy atom. The summed E-state index contributed by atoms with van der Waals surface area (Å²) in [5.41, 5.74) is 6.67. The van der Waals surface area contributed by atoms with Crippen LogP contribution < -0.4 is 0 Å². The highest BCUT2D eigenvalue weighted by Crippen LogP contribution is 1.98. The summed E-state index contributed by atoms with van der Waals surface area (Å²) < 4.78 is 0. The molecule has 0 aliphatic carbocycles. The van der Waals surface area contributed by atoms with Crippen LogP contribution in [0.4, 0.5) is 0 Å². The predicted octanol–water partition coefficient (Wildman–Crippen LogP) is 3.38. The van der Waals surface area contributed by atoms with Gasteiger partial charge in [0.15, 0.2) is 0 Å². The van der Waals surface area contributed by atoms with Crippen molar-refractivity contribution >= 4 is 8.07 Å². The molecule has 0 saturated heterocycles. The second kappa shape index (κ2) is 6.81. The molecule has 0 aromatic rings. The largest absolute Gasteiger partial charge is 0.210 e. The lowest BCUT2D eigenvalue weighted by Crippen LogP contribution is -2.20. The van der Waals surface area contributed by atoms with Crippen LogP contribution in [0.1, 0.15) is 39.5 Å². The molecule has 0 N–H and O–H groups in total. The van der Waals surface area contributed by atoms with Gasteiger partial charge in [-0.05, 0) is 25.9 Å². The fourth-order valence-corrected chi connectivity index (χ4v) is 2.04. The molecule has 0 aromatic carbocycles. The van der Waals surface area contributed by atoms with Crippen LogP contribution in [0.15, 0.2) is 0 Å². The van der Waals surface area contributed by atoms with E-state index in [1.165, 1.54) is 0 Å². The molecule has 13 heavy (non-hydrogen) atoms. The average molecular weight is 192 g/mol. The van der Waals surface area contributed by atoms with Gasteiger partial charge in [0.1, 0.15) is 0 Å². The van der Waals surface area contributed by atoms with E-state index in [1.807, 2.05) is 0 Å². The smallest absolute Gasteiger partial charge is 0.116 e. The Labute approximate surface area is 84.1 Å². The lowest BCUT2D eigenvalue weighted by Gasteiger charge is -2.03. The molecule has 0 atom stereocenters. The third-order valence-corrected chi connectivity index (χ3v) is 3.16. The first-order valence-electron chi connectivity index (χ1n) is 5.12. The molecule has 0 fully saturated rings. The Morgan fingerprint density at radius 3 is 1.54 bits per heavy atom. The molecule has 0 bridgehead atoms. The van der Waals surface area contributed by atoms with Gasteiger partial charge in [0.05, 0.1) is 0 Å². The van der Waals surface area contributed by atoms with Gasteiger partial charge in [0.2, 0.25) is 8.07 Å². The molecule has 0 saturated carbocycles. The van der Waals surface area contributed by atoms with Gasteiger partial charge >= 0.3 is 0 Å². The van der Waals surface area contributed by atoms with Crippen molar-refractivity contribution in [1.82, 2.24) is 0 Å². The van der Waals surface area contributed by atoms with E-state index < -0.39 is 8.07 Å². The average Bonchev–Trinajstić information content (AvgIpc) is 2.05. The van der Waals surface area contributed by atoms with Crippen molar-refractivity contribution in [3.05, 3.63) is 0 Å². The summed E-state index contributed by atoms with van der Waals surface area (Å²) in [7, 11) is -1.50. The van der Waals surface area contributed by atoms with Gasteiger partial charge in [0.25, 0.3) is 0 Å². The van der Waals surface area contributed by atoms with E-state index in [4.69, 9.17) is 0 Å². The van der Waals surface area contributed by atoms with Crippen molar-refractivity contribution in [2.45, 2.75) is 52.6 Å². The van der Waals surface area contributed by atoms with Crippen LogP contribution in [0, 0.1) is 22.9 Å². The number of hydrogen-bond donors (Lipinski definition) is 0. The van der Waals surface area contributed by atoms with Crippen LogP contribution >= 0.6 is 0 Å². The van der Waals surface area contributed by atoms with Gasteiger partial charge in [-0.25, -0.2) is 0 Å². The van der Waals surface area contributed by atoms with Crippen LogP contribution in [-0.4, -0.2) is 8.07 Å². The van der Waals surface area contributed by atoms with E-state index >= 15 is 0 Å². The maximum Gasteiger partial charge on any atom is 0.210 e. The van der Waals surface area contributed by atoms with Gasteiger partial charge in [-0.1, -0.05) is 13.8 Å². The molecule has 0 spiro atoms. The summed E-state index contributed by atoms with van der Waals surface area (Å²) in [6.07, 6.45) is 4.34. The SMILES string of the molecule is CCCC#C[Si](C)(C)C#CCCC. The van der Waals surface area contributed by atoms with Crippen molar-refractivity contribution in [2.75, 3.05) is 0 Å². The Kier molecular flexibility index (Phi) is 6.46. The quantitative estimate of drug-likeness (QED) is 0.465. The fourth-order valence-electron chi connectivity index (χ4n) is 0.848. The molecule has 0 aliphatic heterocycles. The Balaban J connectivity index is 4.11. The number of hydrogen-bond acceptors (Lipinski definition) is 0. The first-order chi connectivity index (χ1) is 6.12. The van der Waals surface area contributed by atoms with Gasteiger partial charge in [0, 0.05) is 12.8 Å². The van der Waals surface area contributed by atoms with Crippen molar-refractivity contribution in [2.24, 2.45) is 0 Å². The molecule has 0 heterocycles. The fraction of sp³-hybridized carbons (Fsp3) is 0.667. The molecular formula is C12H20Si. The maximum absolute atomic E-state index is 3.33. The number of unbranched alkanes of at least 4 members (excludes halogenated alkanes) is 2. The predicted molar refractivity (Wildman–Crippen MR) is 62.9 cm³/mol. The van der Waals surface area contributed by atoms with Crippen molar-refractivity contribution < 1.29 is 0 Å². The Morgan fingerprint density at radius 2 is 1.23 bits per heavy atom. The van der Waals surface area contributed by atoms with E-state index in [0.29, 0.717) is 0 Å². The Hall–Kier alpha value is -0.663. The minimum atomic E-state index is -1.50. The molecule has 0 radical (unpaired) electrons. The summed E-state index contributed by atoms with van der Waals surface area (Å²) in [4.78, 5) is 0. The van der Waals surface area contributed by atoms with Crippen molar-refractivity contribution in [3.8, 4) is 22.9 Å². The standard InChI is InChI=1S/C12H20Si/c1-5-7-9-11-13(3,4)12-10-8-6-2/h5-8H2,1-4H3. The first-order valence-corrected chi connectivity index (χ1v) is 8.12. The lowest BCUT2D eigenvalue weighted by atomic mass is 10.4. The topological polar surface area (TPSA) is 0 Å². The van der Waals surface area contributed by atoms with E-state index in [9.17, 15) is 0 Å². The third kappa shape index (κ3) is 7.69. The third-order valence-electron chi connectivity index (χ3n) is 1.55. The minimum absolute atomic E-state index is 1.02. The van der Waals surface area contributed by atoms with Crippen LogP contribution in [0.25, 0.3) is 0 Å². The van der Waals surface area contributed by atoms with Crippen LogP contribution in [0.3, 0.4) is 0 Å². The van der Waals surface area contributed by atoms with Crippen LogP contribution in [0.5, 0.6) is 0 Å². The highest BCUT2D eigenvalue weighted by molar-refractivity contribution is 6.92. The summed E-state index contributed by atoms with van der Waals surface area (Å²) in [6, 6.07) is 0. The second-order valence-corrected chi connectivity index (χ2v) is 7.48. The summed E-state index contributed by atoms with van der Waals surface area (Å²) >= 11 is 0. The normalized spacial score (nSPS) is 9.54. The summed E-state index contributed by atoms with van der Waals surface area (Å²) in [5.74, 6) is 6.42. The summed E-state index contributed by atoms with van der Waals surface area (Å²) in [5, 5.41) is 0. The molecular weight excluding hydrogens is 172 g/mol. The van der Waals surface area contributed by atoms with Gasteiger partial charge < -0.3 is 0 Å². The zero-order valence-electron chi connectivity index (χ0n) is 9.33. The van der Waals surface area contributed by atoms with E-state index in [1.54, 1.807) is 0 Å².